The van der Waals surface area contributed by atoms with Crippen LogP contribution in [-0.2, 0) is 17.8 Å². The van der Waals surface area contributed by atoms with Crippen molar-refractivity contribution in [2.45, 2.75) is 19.9 Å². The molecule has 0 bridgehead atoms. The highest BCUT2D eigenvalue weighted by atomic mass is 32.2. The number of methoxy groups -OCH3 is 2. The van der Waals surface area contributed by atoms with Gasteiger partial charge in [0.25, 0.3) is 11.1 Å². The van der Waals surface area contributed by atoms with Gasteiger partial charge in [0.2, 0.25) is 0 Å². The van der Waals surface area contributed by atoms with Crippen molar-refractivity contribution >= 4 is 29.0 Å². The number of carbonyl (C=O) groups is 2. The molecule has 0 aliphatic carbocycles. The zero-order chi connectivity index (χ0) is 21.0. The van der Waals surface area contributed by atoms with Crippen LogP contribution in [0.1, 0.15) is 22.3 Å². The van der Waals surface area contributed by atoms with E-state index in [2.05, 4.69) is 6.58 Å². The summed E-state index contributed by atoms with van der Waals surface area (Å²) in [4.78, 5) is 27.0. The van der Waals surface area contributed by atoms with E-state index >= 15 is 0 Å². The van der Waals surface area contributed by atoms with Crippen molar-refractivity contribution in [3.63, 3.8) is 0 Å². The van der Waals surface area contributed by atoms with Crippen molar-refractivity contribution in [3.05, 3.63) is 76.2 Å². The SMILES string of the molecule is C=CCc1cc(/C=C2\SC(=O)N(Cc3ccccc3C)C2=O)cc(OC)c1OC. The molecule has 5 nitrogen and oxygen atoms in total. The zero-order valence-electron chi connectivity index (χ0n) is 16.7. The summed E-state index contributed by atoms with van der Waals surface area (Å²) >= 11 is 0.951. The van der Waals surface area contributed by atoms with E-state index in [1.165, 1.54) is 4.90 Å². The third-order valence-corrected chi connectivity index (χ3v) is 5.61. The van der Waals surface area contributed by atoms with E-state index in [0.717, 1.165) is 34.0 Å². The highest BCUT2D eigenvalue weighted by Gasteiger charge is 2.35. The van der Waals surface area contributed by atoms with Crippen molar-refractivity contribution in [3.8, 4) is 11.5 Å². The van der Waals surface area contributed by atoms with Gasteiger partial charge in [-0.3, -0.25) is 14.5 Å². The molecule has 1 saturated heterocycles. The lowest BCUT2D eigenvalue weighted by molar-refractivity contribution is -0.123. The van der Waals surface area contributed by atoms with Gasteiger partial charge in [-0.2, -0.15) is 0 Å². The van der Waals surface area contributed by atoms with Crippen LogP contribution in [0.5, 0.6) is 11.5 Å². The lowest BCUT2D eigenvalue weighted by Gasteiger charge is -2.14. The minimum atomic E-state index is -0.289. The number of rotatable bonds is 7. The summed E-state index contributed by atoms with van der Waals surface area (Å²) in [5, 5.41) is -0.267. The summed E-state index contributed by atoms with van der Waals surface area (Å²) in [5.41, 5.74) is 3.66. The maximum absolute atomic E-state index is 12.9. The van der Waals surface area contributed by atoms with Crippen molar-refractivity contribution in [2.24, 2.45) is 0 Å². The van der Waals surface area contributed by atoms with Crippen LogP contribution >= 0.6 is 11.8 Å². The molecule has 2 aromatic rings. The lowest BCUT2D eigenvalue weighted by Crippen LogP contribution is -2.27. The summed E-state index contributed by atoms with van der Waals surface area (Å²) < 4.78 is 10.9. The van der Waals surface area contributed by atoms with Crippen LogP contribution in [0, 0.1) is 6.92 Å². The lowest BCUT2D eigenvalue weighted by atomic mass is 10.0. The summed E-state index contributed by atoms with van der Waals surface area (Å²) in [6.45, 7) is 6.01. The maximum Gasteiger partial charge on any atom is 0.293 e. The van der Waals surface area contributed by atoms with E-state index in [-0.39, 0.29) is 17.7 Å². The Morgan fingerprint density at radius 3 is 2.52 bits per heavy atom. The first-order valence-electron chi connectivity index (χ1n) is 9.14. The molecular formula is C23H23NO4S. The third kappa shape index (κ3) is 4.38. The normalized spacial score (nSPS) is 15.1. The van der Waals surface area contributed by atoms with Crippen LogP contribution in [0.25, 0.3) is 6.08 Å². The Morgan fingerprint density at radius 1 is 1.10 bits per heavy atom. The van der Waals surface area contributed by atoms with Crippen LogP contribution in [0.15, 0.2) is 54.0 Å². The molecule has 1 heterocycles. The average Bonchev–Trinajstić information content (AvgIpc) is 2.96. The predicted molar refractivity (Wildman–Crippen MR) is 116 cm³/mol. The zero-order valence-corrected chi connectivity index (χ0v) is 17.5. The van der Waals surface area contributed by atoms with E-state index in [1.807, 2.05) is 37.3 Å². The molecule has 0 unspecified atom stereocenters. The second-order valence-corrected chi connectivity index (χ2v) is 7.60. The Labute approximate surface area is 175 Å². The first-order valence-corrected chi connectivity index (χ1v) is 9.95. The van der Waals surface area contributed by atoms with Gasteiger partial charge in [-0.25, -0.2) is 0 Å². The maximum atomic E-state index is 12.9. The number of allylic oxidation sites excluding steroid dienone is 1. The quantitative estimate of drug-likeness (QED) is 0.477. The van der Waals surface area contributed by atoms with E-state index < -0.39 is 0 Å². The van der Waals surface area contributed by atoms with Gasteiger partial charge >= 0.3 is 0 Å². The molecule has 0 atom stereocenters. The fraction of sp³-hybridized carbons (Fsp3) is 0.217. The number of nitrogens with zero attached hydrogens (tertiary/aromatic N) is 1. The minimum absolute atomic E-state index is 0.266. The van der Waals surface area contributed by atoms with Crippen molar-refractivity contribution in [2.75, 3.05) is 14.2 Å². The van der Waals surface area contributed by atoms with Gasteiger partial charge in [0.1, 0.15) is 0 Å². The molecule has 1 aliphatic heterocycles. The Balaban J connectivity index is 1.92. The Bertz CT molecular complexity index is 996. The van der Waals surface area contributed by atoms with Crippen LogP contribution in [0.3, 0.4) is 0 Å². The Kier molecular flexibility index (Phi) is 6.44. The molecule has 3 rings (SSSR count). The van der Waals surface area contributed by atoms with E-state index in [1.54, 1.807) is 32.4 Å². The number of imide groups is 1. The highest BCUT2D eigenvalue weighted by Crippen LogP contribution is 2.37. The predicted octanol–water partition coefficient (Wildman–Crippen LogP) is 4.98. The molecule has 1 aliphatic rings. The summed E-state index contributed by atoms with van der Waals surface area (Å²) in [7, 11) is 3.15. The molecule has 0 aromatic heterocycles. The average molecular weight is 410 g/mol. The monoisotopic (exact) mass is 409 g/mol. The second-order valence-electron chi connectivity index (χ2n) is 6.60. The smallest absolute Gasteiger partial charge is 0.293 e. The Morgan fingerprint density at radius 2 is 1.86 bits per heavy atom. The first kappa shape index (κ1) is 20.7. The minimum Gasteiger partial charge on any atom is -0.493 e. The largest absolute Gasteiger partial charge is 0.493 e. The molecule has 0 saturated carbocycles. The molecule has 150 valence electrons. The molecule has 0 spiro atoms. The number of hydrogen-bond acceptors (Lipinski definition) is 5. The number of carbonyl (C=O) groups excluding carboxylic acids is 2. The number of benzene rings is 2. The second kappa shape index (κ2) is 9.01. The topological polar surface area (TPSA) is 55.8 Å². The summed E-state index contributed by atoms with van der Waals surface area (Å²) in [6, 6.07) is 11.4. The van der Waals surface area contributed by atoms with Gasteiger partial charge in [0, 0.05) is 5.56 Å². The van der Waals surface area contributed by atoms with Gasteiger partial charge in [0.05, 0.1) is 25.7 Å². The van der Waals surface area contributed by atoms with E-state index in [9.17, 15) is 9.59 Å². The van der Waals surface area contributed by atoms with Gasteiger partial charge in [0.15, 0.2) is 11.5 Å². The Hall–Kier alpha value is -2.99. The fourth-order valence-corrected chi connectivity index (χ4v) is 4.04. The van der Waals surface area contributed by atoms with Crippen molar-refractivity contribution in [1.29, 1.82) is 0 Å². The summed E-state index contributed by atoms with van der Waals surface area (Å²) in [5.74, 6) is 0.915. The standard InChI is InChI=1S/C23H23NO4S/c1-5-8-17-11-16(12-19(27-3)21(17)28-4)13-20-22(25)24(23(26)29-20)14-18-10-7-6-9-15(18)2/h5-7,9-13H,1,8,14H2,2-4H3/b20-13-. The van der Waals surface area contributed by atoms with E-state index in [0.29, 0.717) is 22.8 Å². The molecule has 0 N–H and O–H groups in total. The van der Waals surface area contributed by atoms with Gasteiger partial charge in [-0.1, -0.05) is 30.3 Å². The summed E-state index contributed by atoms with van der Waals surface area (Å²) in [6.07, 6.45) is 4.09. The molecule has 29 heavy (non-hydrogen) atoms. The fourth-order valence-electron chi connectivity index (χ4n) is 3.20. The number of hydrogen-bond donors (Lipinski definition) is 0. The van der Waals surface area contributed by atoms with Crippen LogP contribution in [0.2, 0.25) is 0 Å². The van der Waals surface area contributed by atoms with Gasteiger partial charge < -0.3 is 9.47 Å². The van der Waals surface area contributed by atoms with Crippen LogP contribution in [0.4, 0.5) is 4.79 Å². The van der Waals surface area contributed by atoms with Crippen LogP contribution in [-0.4, -0.2) is 30.3 Å². The van der Waals surface area contributed by atoms with Gasteiger partial charge in [-0.05, 0) is 60.0 Å². The third-order valence-electron chi connectivity index (χ3n) is 4.70. The van der Waals surface area contributed by atoms with Gasteiger partial charge in [-0.15, -0.1) is 6.58 Å². The molecule has 2 aromatic carbocycles. The van der Waals surface area contributed by atoms with Crippen molar-refractivity contribution in [1.82, 2.24) is 4.90 Å². The molecule has 6 heteroatoms. The molecule has 1 fully saturated rings. The van der Waals surface area contributed by atoms with E-state index in [4.69, 9.17) is 9.47 Å². The number of thioether (sulfide) groups is 1. The molecule has 2 amide bonds. The van der Waals surface area contributed by atoms with Crippen LogP contribution < -0.4 is 9.47 Å². The highest BCUT2D eigenvalue weighted by molar-refractivity contribution is 8.18. The van der Waals surface area contributed by atoms with Crippen molar-refractivity contribution < 1.29 is 19.1 Å². The number of aryl methyl sites for hydroxylation is 1. The molecular weight excluding hydrogens is 386 g/mol. The number of amides is 2. The molecule has 0 radical (unpaired) electrons. The number of ether oxygens (including phenoxy) is 2. The first-order chi connectivity index (χ1) is 14.0.